The maximum atomic E-state index is 9.98. The quantitative estimate of drug-likeness (QED) is 0.775. The Morgan fingerprint density at radius 1 is 1.00 bits per heavy atom. The zero-order valence-corrected chi connectivity index (χ0v) is 9.99. The van der Waals surface area contributed by atoms with Gasteiger partial charge in [0.05, 0.1) is 6.10 Å². The van der Waals surface area contributed by atoms with E-state index in [-0.39, 0.29) is 6.10 Å². The SMILES string of the molecule is CCN(C1CCCCC1)C1CCCC1O. The molecule has 2 aliphatic carbocycles. The molecule has 15 heavy (non-hydrogen) atoms. The number of hydrogen-bond donors (Lipinski definition) is 1. The van der Waals surface area contributed by atoms with Gasteiger partial charge in [0, 0.05) is 12.1 Å². The zero-order chi connectivity index (χ0) is 10.7. The van der Waals surface area contributed by atoms with E-state index in [2.05, 4.69) is 11.8 Å². The first kappa shape index (κ1) is 11.4. The molecule has 0 radical (unpaired) electrons. The minimum absolute atomic E-state index is 0.0492. The topological polar surface area (TPSA) is 23.5 Å². The average molecular weight is 211 g/mol. The van der Waals surface area contributed by atoms with E-state index in [4.69, 9.17) is 0 Å². The van der Waals surface area contributed by atoms with Gasteiger partial charge in [0.2, 0.25) is 0 Å². The average Bonchev–Trinajstić information content (AvgIpc) is 2.68. The molecule has 2 unspecified atom stereocenters. The van der Waals surface area contributed by atoms with Crippen LogP contribution in [0.4, 0.5) is 0 Å². The van der Waals surface area contributed by atoms with Gasteiger partial charge in [0.1, 0.15) is 0 Å². The fourth-order valence-corrected chi connectivity index (χ4v) is 3.48. The van der Waals surface area contributed by atoms with Crippen LogP contribution in [0.1, 0.15) is 58.3 Å². The van der Waals surface area contributed by atoms with Crippen molar-refractivity contribution in [2.75, 3.05) is 6.54 Å². The molecule has 2 atom stereocenters. The summed E-state index contributed by atoms with van der Waals surface area (Å²) in [7, 11) is 0. The molecule has 88 valence electrons. The highest BCUT2D eigenvalue weighted by atomic mass is 16.3. The summed E-state index contributed by atoms with van der Waals surface area (Å²) in [5.74, 6) is 0. The van der Waals surface area contributed by atoms with Crippen LogP contribution in [-0.2, 0) is 0 Å². The molecular formula is C13H25NO. The van der Waals surface area contributed by atoms with Crippen molar-refractivity contribution >= 4 is 0 Å². The molecule has 0 saturated heterocycles. The molecule has 0 bridgehead atoms. The van der Waals surface area contributed by atoms with Gasteiger partial charge in [0.15, 0.2) is 0 Å². The largest absolute Gasteiger partial charge is 0.391 e. The second kappa shape index (κ2) is 5.31. The molecule has 0 aromatic heterocycles. The summed E-state index contributed by atoms with van der Waals surface area (Å²) in [5, 5.41) is 9.98. The van der Waals surface area contributed by atoms with Crippen molar-refractivity contribution in [3.63, 3.8) is 0 Å². The summed E-state index contributed by atoms with van der Waals surface area (Å²) < 4.78 is 0. The van der Waals surface area contributed by atoms with Crippen LogP contribution in [0, 0.1) is 0 Å². The van der Waals surface area contributed by atoms with E-state index >= 15 is 0 Å². The molecule has 0 amide bonds. The van der Waals surface area contributed by atoms with Crippen LogP contribution < -0.4 is 0 Å². The fraction of sp³-hybridized carbons (Fsp3) is 1.00. The summed E-state index contributed by atoms with van der Waals surface area (Å²) in [6, 6.07) is 1.24. The Labute approximate surface area is 93.7 Å². The summed E-state index contributed by atoms with van der Waals surface area (Å²) in [4.78, 5) is 2.59. The molecule has 0 spiro atoms. The maximum Gasteiger partial charge on any atom is 0.0695 e. The van der Waals surface area contributed by atoms with Gasteiger partial charge < -0.3 is 5.11 Å². The monoisotopic (exact) mass is 211 g/mol. The van der Waals surface area contributed by atoms with Crippen LogP contribution in [0.25, 0.3) is 0 Å². The van der Waals surface area contributed by atoms with Crippen molar-refractivity contribution in [1.29, 1.82) is 0 Å². The first-order valence-corrected chi connectivity index (χ1v) is 6.76. The fourth-order valence-electron chi connectivity index (χ4n) is 3.48. The molecule has 2 fully saturated rings. The maximum absolute atomic E-state index is 9.98. The molecule has 0 aromatic carbocycles. The summed E-state index contributed by atoms with van der Waals surface area (Å²) in [6.45, 7) is 3.37. The minimum atomic E-state index is -0.0492. The summed E-state index contributed by atoms with van der Waals surface area (Å²) >= 11 is 0. The Balaban J connectivity index is 1.95. The number of nitrogens with zero attached hydrogens (tertiary/aromatic N) is 1. The second-order valence-corrected chi connectivity index (χ2v) is 5.19. The molecule has 0 aromatic rings. The van der Waals surface area contributed by atoms with E-state index in [0.717, 1.165) is 19.0 Å². The Morgan fingerprint density at radius 3 is 2.27 bits per heavy atom. The van der Waals surface area contributed by atoms with E-state index in [9.17, 15) is 5.11 Å². The third-order valence-electron chi connectivity index (χ3n) is 4.28. The standard InChI is InChI=1S/C13H25NO/c1-2-14(11-7-4-3-5-8-11)12-9-6-10-13(12)15/h11-13,15H,2-10H2,1H3. The van der Waals surface area contributed by atoms with Crippen LogP contribution in [0.3, 0.4) is 0 Å². The first-order valence-electron chi connectivity index (χ1n) is 6.76. The lowest BCUT2D eigenvalue weighted by Gasteiger charge is -2.39. The van der Waals surface area contributed by atoms with Gasteiger partial charge in [-0.3, -0.25) is 4.90 Å². The Kier molecular flexibility index (Phi) is 4.04. The number of rotatable bonds is 3. The summed E-state index contributed by atoms with van der Waals surface area (Å²) in [6.07, 6.45) is 10.3. The first-order chi connectivity index (χ1) is 7.33. The van der Waals surface area contributed by atoms with Crippen LogP contribution in [0.5, 0.6) is 0 Å². The van der Waals surface area contributed by atoms with Crippen molar-refractivity contribution in [3.8, 4) is 0 Å². The highest BCUT2D eigenvalue weighted by Crippen LogP contribution is 2.30. The molecule has 1 N–H and O–H groups in total. The van der Waals surface area contributed by atoms with Crippen LogP contribution in [-0.4, -0.2) is 34.7 Å². The summed E-state index contributed by atoms with van der Waals surface area (Å²) in [5.41, 5.74) is 0. The molecule has 2 heteroatoms. The molecule has 2 aliphatic rings. The third-order valence-corrected chi connectivity index (χ3v) is 4.28. The zero-order valence-electron chi connectivity index (χ0n) is 9.99. The predicted octanol–water partition coefficient (Wildman–Crippen LogP) is 2.55. The van der Waals surface area contributed by atoms with E-state index in [1.54, 1.807) is 0 Å². The van der Waals surface area contributed by atoms with E-state index in [0.29, 0.717) is 6.04 Å². The lowest BCUT2D eigenvalue weighted by atomic mass is 9.92. The van der Waals surface area contributed by atoms with Gasteiger partial charge in [-0.25, -0.2) is 0 Å². The Hall–Kier alpha value is -0.0800. The highest BCUT2D eigenvalue weighted by molar-refractivity contribution is 4.89. The van der Waals surface area contributed by atoms with E-state index < -0.39 is 0 Å². The van der Waals surface area contributed by atoms with Crippen molar-refractivity contribution < 1.29 is 5.11 Å². The van der Waals surface area contributed by atoms with Gasteiger partial charge in [-0.15, -0.1) is 0 Å². The molecule has 0 aliphatic heterocycles. The van der Waals surface area contributed by atoms with Crippen molar-refractivity contribution in [2.24, 2.45) is 0 Å². The van der Waals surface area contributed by atoms with Gasteiger partial charge in [0.25, 0.3) is 0 Å². The lowest BCUT2D eigenvalue weighted by molar-refractivity contribution is 0.0347. The van der Waals surface area contributed by atoms with Gasteiger partial charge >= 0.3 is 0 Å². The van der Waals surface area contributed by atoms with E-state index in [1.807, 2.05) is 0 Å². The third kappa shape index (κ3) is 2.54. The smallest absolute Gasteiger partial charge is 0.0695 e. The lowest BCUT2D eigenvalue weighted by Crippen LogP contribution is -2.47. The number of likely N-dealkylation sites (N-methyl/N-ethyl adjacent to an activating group) is 1. The van der Waals surface area contributed by atoms with Crippen molar-refractivity contribution in [1.82, 2.24) is 4.90 Å². The number of aliphatic hydroxyl groups excluding tert-OH is 1. The van der Waals surface area contributed by atoms with Gasteiger partial charge in [-0.2, -0.15) is 0 Å². The van der Waals surface area contributed by atoms with E-state index in [1.165, 1.54) is 44.9 Å². The molecule has 2 nitrogen and oxygen atoms in total. The van der Waals surface area contributed by atoms with Crippen LogP contribution in [0.15, 0.2) is 0 Å². The van der Waals surface area contributed by atoms with Crippen molar-refractivity contribution in [3.05, 3.63) is 0 Å². The van der Waals surface area contributed by atoms with Crippen molar-refractivity contribution in [2.45, 2.75) is 76.5 Å². The van der Waals surface area contributed by atoms with Crippen LogP contribution in [0.2, 0.25) is 0 Å². The van der Waals surface area contributed by atoms with Crippen LogP contribution >= 0.6 is 0 Å². The second-order valence-electron chi connectivity index (χ2n) is 5.19. The molecular weight excluding hydrogens is 186 g/mol. The number of hydrogen-bond acceptors (Lipinski definition) is 2. The normalized spacial score (nSPS) is 33.8. The Morgan fingerprint density at radius 2 is 1.73 bits per heavy atom. The minimum Gasteiger partial charge on any atom is -0.391 e. The van der Waals surface area contributed by atoms with Gasteiger partial charge in [-0.1, -0.05) is 26.2 Å². The molecule has 2 saturated carbocycles. The predicted molar refractivity (Wildman–Crippen MR) is 62.9 cm³/mol. The molecule has 0 heterocycles. The number of aliphatic hydroxyl groups is 1. The highest BCUT2D eigenvalue weighted by Gasteiger charge is 2.33. The van der Waals surface area contributed by atoms with Gasteiger partial charge in [-0.05, 0) is 38.6 Å². The molecule has 2 rings (SSSR count). The Bertz CT molecular complexity index is 189.